The predicted octanol–water partition coefficient (Wildman–Crippen LogP) is 5.60. The van der Waals surface area contributed by atoms with Gasteiger partial charge in [0.1, 0.15) is 5.82 Å². The van der Waals surface area contributed by atoms with Gasteiger partial charge in [0.05, 0.1) is 15.7 Å². The Bertz CT molecular complexity index is 664. The van der Waals surface area contributed by atoms with E-state index >= 15 is 0 Å². The first-order valence-electron chi connectivity index (χ1n) is 8.58. The molecule has 0 aliphatic rings. The van der Waals surface area contributed by atoms with Gasteiger partial charge in [-0.05, 0) is 75.0 Å². The van der Waals surface area contributed by atoms with Crippen LogP contribution in [0.15, 0.2) is 36.4 Å². The minimum atomic E-state index is -0.187. The minimum Gasteiger partial charge on any atom is -0.396 e. The van der Waals surface area contributed by atoms with Gasteiger partial charge in [-0.2, -0.15) is 0 Å². The molecule has 0 radical (unpaired) electrons. The zero-order valence-corrected chi connectivity index (χ0v) is 16.2. The van der Waals surface area contributed by atoms with Crippen molar-refractivity contribution in [1.82, 2.24) is 4.90 Å². The highest BCUT2D eigenvalue weighted by Crippen LogP contribution is 2.29. The first-order valence-corrected chi connectivity index (χ1v) is 9.34. The average Bonchev–Trinajstić information content (AvgIpc) is 2.57. The molecule has 0 spiro atoms. The topological polar surface area (TPSA) is 29.3 Å². The summed E-state index contributed by atoms with van der Waals surface area (Å²) in [6.07, 6.45) is 2.85. The smallest absolute Gasteiger partial charge is 0.123 e. The van der Waals surface area contributed by atoms with Gasteiger partial charge in [-0.3, -0.25) is 0 Å². The number of halogens is 3. The second-order valence-electron chi connectivity index (χ2n) is 6.58. The van der Waals surface area contributed by atoms with E-state index in [0.29, 0.717) is 21.8 Å². The third-order valence-electron chi connectivity index (χ3n) is 4.38. The summed E-state index contributed by atoms with van der Waals surface area (Å²) in [7, 11) is 0. The van der Waals surface area contributed by atoms with Gasteiger partial charge in [0, 0.05) is 12.6 Å². The number of benzene rings is 2. The van der Waals surface area contributed by atoms with Crippen LogP contribution in [0.4, 0.5) is 10.1 Å². The van der Waals surface area contributed by atoms with Gasteiger partial charge in [-0.1, -0.05) is 35.3 Å². The molecule has 0 bridgehead atoms. The molecule has 2 N–H and O–H groups in total. The predicted molar refractivity (Wildman–Crippen MR) is 106 cm³/mol. The average molecular weight is 383 g/mol. The third-order valence-corrected chi connectivity index (χ3v) is 5.01. The standard InChI is InChI=1S/C20H25Cl2FN2/c1-14(2)25(10-3-4-15-5-7-17(23)8-6-15)11-9-16-12-18(21)20(24)19(22)13-16/h5-8,12-14H,3-4,9-11,24H2,1-2H3. The summed E-state index contributed by atoms with van der Waals surface area (Å²) < 4.78 is 13.0. The molecule has 0 unspecified atom stereocenters. The zero-order valence-electron chi connectivity index (χ0n) is 14.7. The monoisotopic (exact) mass is 382 g/mol. The number of hydrogen-bond donors (Lipinski definition) is 1. The van der Waals surface area contributed by atoms with Crippen molar-refractivity contribution in [2.24, 2.45) is 0 Å². The third kappa shape index (κ3) is 6.18. The lowest BCUT2D eigenvalue weighted by molar-refractivity contribution is 0.222. The van der Waals surface area contributed by atoms with Crippen LogP contribution < -0.4 is 5.73 Å². The molecule has 0 fully saturated rings. The van der Waals surface area contributed by atoms with Gasteiger partial charge in [-0.25, -0.2) is 4.39 Å². The molecule has 5 heteroatoms. The van der Waals surface area contributed by atoms with Crippen LogP contribution in [0, 0.1) is 5.82 Å². The number of nitrogens with two attached hydrogens (primary N) is 1. The van der Waals surface area contributed by atoms with Crippen LogP contribution in [-0.4, -0.2) is 24.0 Å². The van der Waals surface area contributed by atoms with E-state index in [9.17, 15) is 4.39 Å². The van der Waals surface area contributed by atoms with Crippen LogP contribution in [0.2, 0.25) is 10.0 Å². The number of anilines is 1. The van der Waals surface area contributed by atoms with Gasteiger partial charge < -0.3 is 10.6 Å². The Hall–Kier alpha value is -1.29. The van der Waals surface area contributed by atoms with Crippen molar-refractivity contribution in [3.05, 3.63) is 63.4 Å². The highest BCUT2D eigenvalue weighted by molar-refractivity contribution is 6.38. The van der Waals surface area contributed by atoms with E-state index < -0.39 is 0 Å². The lowest BCUT2D eigenvalue weighted by atomic mass is 10.1. The van der Waals surface area contributed by atoms with E-state index in [1.807, 2.05) is 24.3 Å². The van der Waals surface area contributed by atoms with E-state index in [1.54, 1.807) is 0 Å². The van der Waals surface area contributed by atoms with E-state index in [4.69, 9.17) is 28.9 Å². The van der Waals surface area contributed by atoms with Crippen LogP contribution >= 0.6 is 23.2 Å². The Labute approximate surface area is 159 Å². The highest BCUT2D eigenvalue weighted by atomic mass is 35.5. The maximum absolute atomic E-state index is 13.0. The largest absolute Gasteiger partial charge is 0.396 e. The van der Waals surface area contributed by atoms with Crippen LogP contribution in [0.25, 0.3) is 0 Å². The second kappa shape index (κ2) is 9.42. The molecule has 0 heterocycles. The Morgan fingerprint density at radius 3 is 2.12 bits per heavy atom. The maximum atomic E-state index is 13.0. The van der Waals surface area contributed by atoms with E-state index in [1.165, 1.54) is 17.7 Å². The molecule has 0 aromatic heterocycles. The number of nitrogens with zero attached hydrogens (tertiary/aromatic N) is 1. The van der Waals surface area contributed by atoms with Crippen LogP contribution in [-0.2, 0) is 12.8 Å². The van der Waals surface area contributed by atoms with Crippen LogP contribution in [0.3, 0.4) is 0 Å². The van der Waals surface area contributed by atoms with E-state index in [0.717, 1.165) is 37.9 Å². The molecule has 2 aromatic carbocycles. The molecule has 25 heavy (non-hydrogen) atoms. The Morgan fingerprint density at radius 2 is 1.56 bits per heavy atom. The van der Waals surface area contributed by atoms with Crippen LogP contribution in [0.5, 0.6) is 0 Å². The van der Waals surface area contributed by atoms with Crippen molar-refractivity contribution in [1.29, 1.82) is 0 Å². The molecule has 0 aliphatic heterocycles. The summed E-state index contributed by atoms with van der Waals surface area (Å²) in [5.41, 5.74) is 8.48. The summed E-state index contributed by atoms with van der Waals surface area (Å²) >= 11 is 12.2. The number of rotatable bonds is 8. The van der Waals surface area contributed by atoms with Gasteiger partial charge >= 0.3 is 0 Å². The van der Waals surface area contributed by atoms with Gasteiger partial charge in [0.15, 0.2) is 0 Å². The molecule has 0 amide bonds. The fraction of sp³-hybridized carbons (Fsp3) is 0.400. The summed E-state index contributed by atoms with van der Waals surface area (Å²) in [5, 5.41) is 1.02. The molecular weight excluding hydrogens is 358 g/mol. The van der Waals surface area contributed by atoms with Crippen LogP contribution in [0.1, 0.15) is 31.4 Å². The molecule has 2 aromatic rings. The lowest BCUT2D eigenvalue weighted by Gasteiger charge is -2.26. The summed E-state index contributed by atoms with van der Waals surface area (Å²) in [5.74, 6) is -0.187. The Balaban J connectivity index is 1.87. The number of hydrogen-bond acceptors (Lipinski definition) is 2. The first-order chi connectivity index (χ1) is 11.9. The summed E-state index contributed by atoms with van der Waals surface area (Å²) in [6, 6.07) is 11.0. The lowest BCUT2D eigenvalue weighted by Crippen LogP contribution is -2.34. The van der Waals surface area contributed by atoms with Gasteiger partial charge in [-0.15, -0.1) is 0 Å². The van der Waals surface area contributed by atoms with E-state index in [2.05, 4.69) is 18.7 Å². The Kier molecular flexibility index (Phi) is 7.55. The quantitative estimate of drug-likeness (QED) is 0.601. The zero-order chi connectivity index (χ0) is 18.4. The normalized spacial score (nSPS) is 11.5. The maximum Gasteiger partial charge on any atom is 0.123 e. The molecule has 136 valence electrons. The molecular formula is C20H25Cl2FN2. The number of aryl methyl sites for hydroxylation is 1. The Morgan fingerprint density at radius 1 is 0.960 bits per heavy atom. The molecule has 2 nitrogen and oxygen atoms in total. The van der Waals surface area contributed by atoms with Crippen molar-refractivity contribution in [2.45, 2.75) is 39.2 Å². The van der Waals surface area contributed by atoms with Crippen molar-refractivity contribution in [3.8, 4) is 0 Å². The van der Waals surface area contributed by atoms with Gasteiger partial charge in [0.2, 0.25) is 0 Å². The van der Waals surface area contributed by atoms with Crippen molar-refractivity contribution in [3.63, 3.8) is 0 Å². The molecule has 0 aliphatic carbocycles. The molecule has 0 saturated heterocycles. The van der Waals surface area contributed by atoms with Crippen molar-refractivity contribution in [2.75, 3.05) is 18.8 Å². The summed E-state index contributed by atoms with van der Waals surface area (Å²) in [6.45, 7) is 6.31. The van der Waals surface area contributed by atoms with Crippen molar-refractivity contribution < 1.29 is 4.39 Å². The molecule has 0 saturated carbocycles. The van der Waals surface area contributed by atoms with E-state index in [-0.39, 0.29) is 5.82 Å². The highest BCUT2D eigenvalue weighted by Gasteiger charge is 2.11. The first kappa shape index (κ1) is 20.0. The van der Waals surface area contributed by atoms with Gasteiger partial charge in [0.25, 0.3) is 0 Å². The number of nitrogen functional groups attached to an aromatic ring is 1. The molecule has 2 rings (SSSR count). The SMILES string of the molecule is CC(C)N(CCCc1ccc(F)cc1)CCc1cc(Cl)c(N)c(Cl)c1. The fourth-order valence-corrected chi connectivity index (χ4v) is 3.35. The fourth-order valence-electron chi connectivity index (χ4n) is 2.82. The second-order valence-corrected chi connectivity index (χ2v) is 7.40. The van der Waals surface area contributed by atoms with Crippen molar-refractivity contribution >= 4 is 28.9 Å². The minimum absolute atomic E-state index is 0.187. The molecule has 0 atom stereocenters. The summed E-state index contributed by atoms with van der Waals surface area (Å²) in [4.78, 5) is 2.43.